The molecule has 2 nitrogen and oxygen atoms in total. The standard InChI is InChI=1S/C16H19NO/c1-3-13-5-4-6-15(10-13)18-16-9-12(2)7-8-14(16)11-17/h4-10H,3,11,17H2,1-2H3. The minimum absolute atomic E-state index is 0.489. The summed E-state index contributed by atoms with van der Waals surface area (Å²) >= 11 is 0. The lowest BCUT2D eigenvalue weighted by atomic mass is 10.1. The molecule has 2 heteroatoms. The monoisotopic (exact) mass is 241 g/mol. The highest BCUT2D eigenvalue weighted by atomic mass is 16.5. The van der Waals surface area contributed by atoms with E-state index >= 15 is 0 Å². The van der Waals surface area contributed by atoms with E-state index in [0.29, 0.717) is 6.54 Å². The maximum absolute atomic E-state index is 5.94. The van der Waals surface area contributed by atoms with Crippen LogP contribution in [-0.4, -0.2) is 0 Å². The minimum Gasteiger partial charge on any atom is -0.457 e. The Morgan fingerprint density at radius 1 is 1.11 bits per heavy atom. The largest absolute Gasteiger partial charge is 0.457 e. The summed E-state index contributed by atoms with van der Waals surface area (Å²) in [6.07, 6.45) is 1.01. The van der Waals surface area contributed by atoms with Crippen molar-refractivity contribution in [3.63, 3.8) is 0 Å². The van der Waals surface area contributed by atoms with Gasteiger partial charge in [-0.25, -0.2) is 0 Å². The first-order chi connectivity index (χ1) is 8.72. The fraction of sp³-hybridized carbons (Fsp3) is 0.250. The van der Waals surface area contributed by atoms with E-state index in [1.807, 2.05) is 24.3 Å². The third-order valence-corrected chi connectivity index (χ3v) is 2.98. The number of hydrogen-bond donors (Lipinski definition) is 1. The van der Waals surface area contributed by atoms with E-state index in [0.717, 1.165) is 23.5 Å². The second kappa shape index (κ2) is 5.69. The van der Waals surface area contributed by atoms with Crippen LogP contribution in [-0.2, 0) is 13.0 Å². The van der Waals surface area contributed by atoms with Gasteiger partial charge in [-0.1, -0.05) is 31.2 Å². The van der Waals surface area contributed by atoms with Gasteiger partial charge in [0, 0.05) is 12.1 Å². The van der Waals surface area contributed by atoms with Crippen LogP contribution in [0, 0.1) is 6.92 Å². The summed E-state index contributed by atoms with van der Waals surface area (Å²) < 4.78 is 5.94. The SMILES string of the molecule is CCc1cccc(Oc2cc(C)ccc2CN)c1. The van der Waals surface area contributed by atoms with Crippen LogP contribution in [0.5, 0.6) is 11.5 Å². The average molecular weight is 241 g/mol. The number of ether oxygens (including phenoxy) is 1. The van der Waals surface area contributed by atoms with Crippen LogP contribution in [0.15, 0.2) is 42.5 Å². The van der Waals surface area contributed by atoms with E-state index in [9.17, 15) is 0 Å². The van der Waals surface area contributed by atoms with Crippen LogP contribution in [0.3, 0.4) is 0 Å². The Bertz CT molecular complexity index is 534. The summed E-state index contributed by atoms with van der Waals surface area (Å²) in [6, 6.07) is 14.3. The van der Waals surface area contributed by atoms with Crippen molar-refractivity contribution in [3.05, 3.63) is 59.2 Å². The van der Waals surface area contributed by atoms with Gasteiger partial charge in [-0.05, 0) is 42.7 Å². The molecule has 0 spiro atoms. The van der Waals surface area contributed by atoms with Crippen molar-refractivity contribution in [3.8, 4) is 11.5 Å². The molecular weight excluding hydrogens is 222 g/mol. The summed E-state index contributed by atoms with van der Waals surface area (Å²) in [5.41, 5.74) is 9.21. The lowest BCUT2D eigenvalue weighted by Crippen LogP contribution is -1.99. The fourth-order valence-corrected chi connectivity index (χ4v) is 1.88. The topological polar surface area (TPSA) is 35.2 Å². The first kappa shape index (κ1) is 12.7. The molecule has 94 valence electrons. The number of aryl methyl sites for hydroxylation is 2. The molecule has 0 unspecified atom stereocenters. The lowest BCUT2D eigenvalue weighted by Gasteiger charge is -2.11. The second-order valence-electron chi connectivity index (χ2n) is 4.42. The normalized spacial score (nSPS) is 10.4. The Labute approximate surface area is 108 Å². The summed E-state index contributed by atoms with van der Waals surface area (Å²) in [5.74, 6) is 1.72. The molecular formula is C16H19NO. The maximum Gasteiger partial charge on any atom is 0.132 e. The fourth-order valence-electron chi connectivity index (χ4n) is 1.88. The van der Waals surface area contributed by atoms with E-state index in [4.69, 9.17) is 10.5 Å². The summed E-state index contributed by atoms with van der Waals surface area (Å²) in [6.45, 7) is 4.68. The Hall–Kier alpha value is -1.80. The molecule has 0 aliphatic heterocycles. The molecule has 0 fully saturated rings. The van der Waals surface area contributed by atoms with Crippen molar-refractivity contribution in [2.45, 2.75) is 26.8 Å². The zero-order valence-corrected chi connectivity index (χ0v) is 10.9. The molecule has 0 aromatic heterocycles. The number of hydrogen-bond acceptors (Lipinski definition) is 2. The van der Waals surface area contributed by atoms with E-state index in [1.54, 1.807) is 0 Å². The lowest BCUT2D eigenvalue weighted by molar-refractivity contribution is 0.475. The summed E-state index contributed by atoms with van der Waals surface area (Å²) in [7, 11) is 0. The van der Waals surface area contributed by atoms with E-state index in [2.05, 4.69) is 32.0 Å². The van der Waals surface area contributed by atoms with E-state index in [1.165, 1.54) is 11.1 Å². The molecule has 0 heterocycles. The zero-order valence-electron chi connectivity index (χ0n) is 10.9. The van der Waals surface area contributed by atoms with Crippen molar-refractivity contribution < 1.29 is 4.74 Å². The zero-order chi connectivity index (χ0) is 13.0. The molecule has 2 N–H and O–H groups in total. The molecule has 2 aromatic rings. The number of benzene rings is 2. The summed E-state index contributed by atoms with van der Waals surface area (Å²) in [5, 5.41) is 0. The van der Waals surface area contributed by atoms with Gasteiger partial charge in [0.2, 0.25) is 0 Å². The van der Waals surface area contributed by atoms with Gasteiger partial charge in [0.05, 0.1) is 0 Å². The van der Waals surface area contributed by atoms with E-state index < -0.39 is 0 Å². The van der Waals surface area contributed by atoms with Crippen molar-refractivity contribution in [2.24, 2.45) is 5.73 Å². The first-order valence-electron chi connectivity index (χ1n) is 6.29. The van der Waals surface area contributed by atoms with Gasteiger partial charge in [0.15, 0.2) is 0 Å². The molecule has 0 radical (unpaired) electrons. The molecule has 0 aliphatic carbocycles. The van der Waals surface area contributed by atoms with Gasteiger partial charge in [-0.3, -0.25) is 0 Å². The predicted molar refractivity (Wildman–Crippen MR) is 75.0 cm³/mol. The predicted octanol–water partition coefficient (Wildman–Crippen LogP) is 3.81. The van der Waals surface area contributed by atoms with Crippen LogP contribution in [0.1, 0.15) is 23.6 Å². The van der Waals surface area contributed by atoms with Crippen LogP contribution in [0.25, 0.3) is 0 Å². The van der Waals surface area contributed by atoms with Gasteiger partial charge in [-0.2, -0.15) is 0 Å². The first-order valence-corrected chi connectivity index (χ1v) is 6.29. The molecule has 0 saturated carbocycles. The molecule has 0 bridgehead atoms. The van der Waals surface area contributed by atoms with Crippen molar-refractivity contribution >= 4 is 0 Å². The van der Waals surface area contributed by atoms with Gasteiger partial charge in [-0.15, -0.1) is 0 Å². The third kappa shape index (κ3) is 2.90. The highest BCUT2D eigenvalue weighted by Gasteiger charge is 2.04. The highest BCUT2D eigenvalue weighted by Crippen LogP contribution is 2.27. The minimum atomic E-state index is 0.489. The molecule has 18 heavy (non-hydrogen) atoms. The number of nitrogens with two attached hydrogens (primary N) is 1. The molecule has 2 aromatic carbocycles. The Morgan fingerprint density at radius 3 is 2.67 bits per heavy atom. The quantitative estimate of drug-likeness (QED) is 0.883. The van der Waals surface area contributed by atoms with Gasteiger partial charge >= 0.3 is 0 Å². The smallest absolute Gasteiger partial charge is 0.132 e. The van der Waals surface area contributed by atoms with Crippen LogP contribution in [0.2, 0.25) is 0 Å². The van der Waals surface area contributed by atoms with Gasteiger partial charge < -0.3 is 10.5 Å². The highest BCUT2D eigenvalue weighted by molar-refractivity contribution is 5.41. The Balaban J connectivity index is 2.29. The number of rotatable bonds is 4. The molecule has 0 aliphatic rings. The van der Waals surface area contributed by atoms with Crippen LogP contribution >= 0.6 is 0 Å². The average Bonchev–Trinajstić information content (AvgIpc) is 2.39. The summed E-state index contributed by atoms with van der Waals surface area (Å²) in [4.78, 5) is 0. The molecule has 0 amide bonds. The molecule has 2 rings (SSSR count). The Morgan fingerprint density at radius 2 is 1.94 bits per heavy atom. The van der Waals surface area contributed by atoms with Gasteiger partial charge in [0.1, 0.15) is 11.5 Å². The van der Waals surface area contributed by atoms with Crippen LogP contribution < -0.4 is 10.5 Å². The Kier molecular flexibility index (Phi) is 4.00. The molecule has 0 atom stereocenters. The maximum atomic E-state index is 5.94. The molecule has 0 saturated heterocycles. The van der Waals surface area contributed by atoms with E-state index in [-0.39, 0.29) is 0 Å². The van der Waals surface area contributed by atoms with Crippen molar-refractivity contribution in [1.29, 1.82) is 0 Å². The van der Waals surface area contributed by atoms with Crippen molar-refractivity contribution in [2.75, 3.05) is 0 Å². The second-order valence-corrected chi connectivity index (χ2v) is 4.42. The van der Waals surface area contributed by atoms with Gasteiger partial charge in [0.25, 0.3) is 0 Å². The third-order valence-electron chi connectivity index (χ3n) is 2.98. The van der Waals surface area contributed by atoms with Crippen LogP contribution in [0.4, 0.5) is 0 Å². The van der Waals surface area contributed by atoms with Crippen molar-refractivity contribution in [1.82, 2.24) is 0 Å².